The van der Waals surface area contributed by atoms with E-state index >= 15 is 0 Å². The first-order valence-electron chi connectivity index (χ1n) is 9.70. The molecule has 3 aromatic carbocycles. The Morgan fingerprint density at radius 1 is 0.828 bits per heavy atom. The molecular weight excluding hydrogens is 370 g/mol. The van der Waals surface area contributed by atoms with Crippen molar-refractivity contribution >= 4 is 12.0 Å². The lowest BCUT2D eigenvalue weighted by atomic mass is 9.98. The van der Waals surface area contributed by atoms with Crippen LogP contribution in [0.15, 0.2) is 66.7 Å². The Hall–Kier alpha value is -3.05. The Morgan fingerprint density at radius 2 is 1.52 bits per heavy atom. The van der Waals surface area contributed by atoms with Crippen LogP contribution in [0.5, 0.6) is 0 Å². The molecule has 0 N–H and O–H groups in total. The molecule has 1 saturated heterocycles. The van der Waals surface area contributed by atoms with Crippen molar-refractivity contribution in [1.82, 2.24) is 4.90 Å². The summed E-state index contributed by atoms with van der Waals surface area (Å²) in [6, 6.07) is 18.7. The molecule has 0 unspecified atom stereocenters. The molecule has 0 bridgehead atoms. The highest BCUT2D eigenvalue weighted by atomic mass is 19.1. The van der Waals surface area contributed by atoms with E-state index in [1.54, 1.807) is 18.2 Å². The molecule has 3 nitrogen and oxygen atoms in total. The van der Waals surface area contributed by atoms with E-state index in [-0.39, 0.29) is 11.6 Å². The van der Waals surface area contributed by atoms with E-state index in [1.165, 1.54) is 18.2 Å². The highest BCUT2D eigenvalue weighted by Gasteiger charge is 2.19. The number of carbonyl (C=O) groups excluding carboxylic acids is 1. The monoisotopic (exact) mass is 392 g/mol. The molecule has 0 aromatic heterocycles. The summed E-state index contributed by atoms with van der Waals surface area (Å²) in [6.07, 6.45) is 0.847. The fourth-order valence-corrected chi connectivity index (χ4v) is 3.81. The summed E-state index contributed by atoms with van der Waals surface area (Å²) in [5.41, 5.74) is 3.91. The largest absolute Gasteiger partial charge is 0.369 e. The van der Waals surface area contributed by atoms with Crippen molar-refractivity contribution in [2.75, 3.05) is 31.1 Å². The van der Waals surface area contributed by atoms with Gasteiger partial charge in [0.2, 0.25) is 0 Å². The van der Waals surface area contributed by atoms with Gasteiger partial charge in [-0.3, -0.25) is 9.69 Å². The number of rotatable bonds is 5. The van der Waals surface area contributed by atoms with Crippen LogP contribution in [0.3, 0.4) is 0 Å². The van der Waals surface area contributed by atoms with E-state index in [4.69, 9.17) is 0 Å². The second-order valence-electron chi connectivity index (χ2n) is 7.25. The van der Waals surface area contributed by atoms with Crippen LogP contribution in [-0.4, -0.2) is 37.4 Å². The second kappa shape index (κ2) is 8.53. The minimum absolute atomic E-state index is 0.289. The Labute approximate surface area is 169 Å². The number of aldehydes is 1. The summed E-state index contributed by atoms with van der Waals surface area (Å²) in [5.74, 6) is -0.619. The molecule has 29 heavy (non-hydrogen) atoms. The first kappa shape index (κ1) is 19.3. The van der Waals surface area contributed by atoms with Gasteiger partial charge >= 0.3 is 0 Å². The van der Waals surface area contributed by atoms with Gasteiger partial charge in [0.15, 0.2) is 0 Å². The number of carbonyl (C=O) groups is 1. The molecule has 0 atom stereocenters. The molecule has 4 rings (SSSR count). The van der Waals surface area contributed by atoms with Crippen molar-refractivity contribution < 1.29 is 13.6 Å². The first-order chi connectivity index (χ1) is 14.1. The molecule has 1 fully saturated rings. The molecule has 1 aliphatic rings. The quantitative estimate of drug-likeness (QED) is 0.585. The van der Waals surface area contributed by atoms with Crippen LogP contribution in [0.4, 0.5) is 14.5 Å². The molecule has 0 spiro atoms. The molecule has 0 saturated carbocycles. The third-order valence-electron chi connectivity index (χ3n) is 5.39. The summed E-state index contributed by atoms with van der Waals surface area (Å²) >= 11 is 0. The summed E-state index contributed by atoms with van der Waals surface area (Å²) in [7, 11) is 0. The Bertz CT molecular complexity index is 979. The lowest BCUT2D eigenvalue weighted by Crippen LogP contribution is -2.46. The van der Waals surface area contributed by atoms with E-state index in [0.29, 0.717) is 23.2 Å². The van der Waals surface area contributed by atoms with Gasteiger partial charge < -0.3 is 4.90 Å². The van der Waals surface area contributed by atoms with Gasteiger partial charge in [-0.1, -0.05) is 24.3 Å². The molecule has 148 valence electrons. The van der Waals surface area contributed by atoms with Crippen LogP contribution in [0.1, 0.15) is 15.9 Å². The summed E-state index contributed by atoms with van der Waals surface area (Å²) in [6.45, 7) is 4.08. The Morgan fingerprint density at radius 3 is 2.17 bits per heavy atom. The SMILES string of the molecule is O=Cc1ccc(N2CCN(Cc3cccc(F)c3-c3ccc(F)cc3)CC2)cc1. The molecule has 3 aromatic rings. The summed E-state index contributed by atoms with van der Waals surface area (Å²) in [4.78, 5) is 15.4. The average molecular weight is 392 g/mol. The van der Waals surface area contributed by atoms with Gasteiger partial charge in [0.05, 0.1) is 0 Å². The lowest BCUT2D eigenvalue weighted by molar-refractivity contribution is 0.112. The van der Waals surface area contributed by atoms with Gasteiger partial charge in [0.1, 0.15) is 17.9 Å². The van der Waals surface area contributed by atoms with Crippen LogP contribution in [0, 0.1) is 11.6 Å². The molecule has 1 aliphatic heterocycles. The number of hydrogen-bond donors (Lipinski definition) is 0. The Balaban J connectivity index is 1.46. The number of anilines is 1. The molecule has 1 heterocycles. The Kier molecular flexibility index (Phi) is 5.67. The van der Waals surface area contributed by atoms with Crippen LogP contribution < -0.4 is 4.90 Å². The van der Waals surface area contributed by atoms with Gasteiger partial charge in [-0.15, -0.1) is 0 Å². The topological polar surface area (TPSA) is 23.6 Å². The number of piperazine rings is 1. The highest BCUT2D eigenvalue weighted by molar-refractivity contribution is 5.75. The predicted octanol–water partition coefficient (Wildman–Crippen LogP) is 4.77. The zero-order valence-electron chi connectivity index (χ0n) is 16.0. The maximum Gasteiger partial charge on any atom is 0.150 e. The molecule has 0 amide bonds. The van der Waals surface area contributed by atoms with Crippen molar-refractivity contribution in [3.63, 3.8) is 0 Å². The zero-order chi connectivity index (χ0) is 20.2. The van der Waals surface area contributed by atoms with E-state index in [9.17, 15) is 13.6 Å². The fourth-order valence-electron chi connectivity index (χ4n) is 3.81. The predicted molar refractivity (Wildman–Crippen MR) is 111 cm³/mol. The smallest absolute Gasteiger partial charge is 0.150 e. The number of benzene rings is 3. The lowest BCUT2D eigenvalue weighted by Gasteiger charge is -2.36. The maximum atomic E-state index is 14.6. The van der Waals surface area contributed by atoms with Crippen LogP contribution in [0.2, 0.25) is 0 Å². The zero-order valence-corrected chi connectivity index (χ0v) is 16.0. The van der Waals surface area contributed by atoms with E-state index < -0.39 is 0 Å². The van der Waals surface area contributed by atoms with Gasteiger partial charge in [-0.05, 0) is 53.6 Å². The normalized spacial score (nSPS) is 14.8. The number of halogens is 2. The van der Waals surface area contributed by atoms with Crippen molar-refractivity contribution in [1.29, 1.82) is 0 Å². The van der Waals surface area contributed by atoms with Gasteiger partial charge in [0.25, 0.3) is 0 Å². The molecular formula is C24H22F2N2O. The van der Waals surface area contributed by atoms with Crippen molar-refractivity contribution in [3.05, 3.63) is 89.5 Å². The molecule has 0 aliphatic carbocycles. The van der Waals surface area contributed by atoms with Crippen molar-refractivity contribution in [2.24, 2.45) is 0 Å². The third kappa shape index (κ3) is 4.35. The van der Waals surface area contributed by atoms with E-state index in [2.05, 4.69) is 9.80 Å². The molecule has 0 radical (unpaired) electrons. The van der Waals surface area contributed by atoms with Gasteiger partial charge in [0, 0.05) is 49.5 Å². The molecule has 5 heteroatoms. The van der Waals surface area contributed by atoms with E-state index in [1.807, 2.05) is 30.3 Å². The average Bonchev–Trinajstić information content (AvgIpc) is 2.75. The number of hydrogen-bond acceptors (Lipinski definition) is 3. The summed E-state index contributed by atoms with van der Waals surface area (Å²) in [5, 5.41) is 0. The van der Waals surface area contributed by atoms with Crippen LogP contribution >= 0.6 is 0 Å². The van der Waals surface area contributed by atoms with E-state index in [0.717, 1.165) is 43.7 Å². The standard InChI is InChI=1S/C24H22F2N2O/c25-21-8-6-19(7-9-21)24-20(2-1-3-23(24)26)16-27-12-14-28(15-13-27)22-10-4-18(17-29)5-11-22/h1-11,17H,12-16H2. The minimum atomic E-state index is -0.330. The first-order valence-corrected chi connectivity index (χ1v) is 9.70. The van der Waals surface area contributed by atoms with Crippen molar-refractivity contribution in [2.45, 2.75) is 6.54 Å². The van der Waals surface area contributed by atoms with Gasteiger partial charge in [-0.25, -0.2) is 8.78 Å². The highest BCUT2D eigenvalue weighted by Crippen LogP contribution is 2.28. The summed E-state index contributed by atoms with van der Waals surface area (Å²) < 4.78 is 27.9. The maximum absolute atomic E-state index is 14.6. The minimum Gasteiger partial charge on any atom is -0.369 e. The third-order valence-corrected chi connectivity index (χ3v) is 5.39. The number of nitrogens with zero attached hydrogens (tertiary/aromatic N) is 2. The van der Waals surface area contributed by atoms with Gasteiger partial charge in [-0.2, -0.15) is 0 Å². The van der Waals surface area contributed by atoms with Crippen LogP contribution in [-0.2, 0) is 6.54 Å². The van der Waals surface area contributed by atoms with Crippen molar-refractivity contribution in [3.8, 4) is 11.1 Å². The second-order valence-corrected chi connectivity index (χ2v) is 7.25. The fraction of sp³-hybridized carbons (Fsp3) is 0.208. The van der Waals surface area contributed by atoms with Crippen LogP contribution in [0.25, 0.3) is 11.1 Å².